The summed E-state index contributed by atoms with van der Waals surface area (Å²) in [6.45, 7) is 1.88. The number of aryl methyl sites for hydroxylation is 1. The predicted octanol–water partition coefficient (Wildman–Crippen LogP) is 5.17. The normalized spacial score (nSPS) is 10.4. The van der Waals surface area contributed by atoms with Crippen molar-refractivity contribution in [1.29, 1.82) is 0 Å². The van der Waals surface area contributed by atoms with Gasteiger partial charge in [0.05, 0.1) is 0 Å². The second-order valence-corrected chi connectivity index (χ2v) is 5.90. The fourth-order valence-electron chi connectivity index (χ4n) is 2.06. The van der Waals surface area contributed by atoms with Crippen LogP contribution in [0.4, 0.5) is 27.5 Å². The van der Waals surface area contributed by atoms with E-state index in [-0.39, 0.29) is 5.82 Å². The molecule has 116 valence electrons. The van der Waals surface area contributed by atoms with Crippen molar-refractivity contribution in [3.8, 4) is 0 Å². The SMILES string of the molecule is Cc1cc(Nc2ccc(Br)cc2)nc(Nc2cccc(F)c2)n1. The number of halogens is 2. The molecule has 3 rings (SSSR count). The standard InChI is InChI=1S/C17H14BrFN4/c1-11-9-16(21-14-7-5-12(18)6-8-14)23-17(20-11)22-15-4-2-3-13(19)10-15/h2-10H,1H3,(H2,20,21,22,23). The molecule has 23 heavy (non-hydrogen) atoms. The van der Waals surface area contributed by atoms with E-state index in [2.05, 4.69) is 36.5 Å². The minimum Gasteiger partial charge on any atom is -0.340 e. The Labute approximate surface area is 141 Å². The Bertz CT molecular complexity index is 821. The maximum atomic E-state index is 13.3. The molecule has 2 N–H and O–H groups in total. The summed E-state index contributed by atoms with van der Waals surface area (Å²) in [4.78, 5) is 8.73. The molecule has 1 heterocycles. The molecule has 1 aromatic heterocycles. The van der Waals surface area contributed by atoms with Crippen LogP contribution in [0.3, 0.4) is 0 Å². The zero-order valence-electron chi connectivity index (χ0n) is 12.3. The van der Waals surface area contributed by atoms with Crippen molar-refractivity contribution < 1.29 is 4.39 Å². The Morgan fingerprint density at radius 3 is 2.43 bits per heavy atom. The van der Waals surface area contributed by atoms with E-state index in [9.17, 15) is 4.39 Å². The highest BCUT2D eigenvalue weighted by Gasteiger charge is 2.04. The maximum Gasteiger partial charge on any atom is 0.229 e. The molecule has 0 aliphatic rings. The molecule has 0 fully saturated rings. The van der Waals surface area contributed by atoms with E-state index >= 15 is 0 Å². The molecule has 0 radical (unpaired) electrons. The molecule has 0 saturated heterocycles. The van der Waals surface area contributed by atoms with E-state index in [1.165, 1.54) is 12.1 Å². The van der Waals surface area contributed by atoms with Crippen LogP contribution in [0.1, 0.15) is 5.69 Å². The summed E-state index contributed by atoms with van der Waals surface area (Å²) in [6, 6.07) is 15.8. The van der Waals surface area contributed by atoms with Gasteiger partial charge in [-0.2, -0.15) is 4.98 Å². The Kier molecular flexibility index (Phi) is 4.52. The molecule has 0 saturated carbocycles. The molecule has 0 aliphatic carbocycles. The Hall–Kier alpha value is -2.47. The van der Waals surface area contributed by atoms with Crippen LogP contribution in [0.5, 0.6) is 0 Å². The van der Waals surface area contributed by atoms with Gasteiger partial charge < -0.3 is 10.6 Å². The van der Waals surface area contributed by atoms with Gasteiger partial charge in [-0.3, -0.25) is 0 Å². The van der Waals surface area contributed by atoms with Crippen LogP contribution in [-0.4, -0.2) is 9.97 Å². The molecule has 4 nitrogen and oxygen atoms in total. The van der Waals surface area contributed by atoms with Crippen LogP contribution in [0.15, 0.2) is 59.1 Å². The summed E-state index contributed by atoms with van der Waals surface area (Å²) in [5, 5.41) is 6.23. The third kappa shape index (κ3) is 4.26. The zero-order valence-corrected chi connectivity index (χ0v) is 13.9. The quantitative estimate of drug-likeness (QED) is 0.662. The van der Waals surface area contributed by atoms with E-state index in [1.807, 2.05) is 37.3 Å². The molecular formula is C17H14BrFN4. The molecule has 0 spiro atoms. The van der Waals surface area contributed by atoms with Crippen molar-refractivity contribution in [1.82, 2.24) is 9.97 Å². The molecule has 3 aromatic rings. The molecule has 0 amide bonds. The number of anilines is 4. The topological polar surface area (TPSA) is 49.8 Å². The fourth-order valence-corrected chi connectivity index (χ4v) is 2.33. The largest absolute Gasteiger partial charge is 0.340 e. The highest BCUT2D eigenvalue weighted by Crippen LogP contribution is 2.21. The lowest BCUT2D eigenvalue weighted by Crippen LogP contribution is -2.02. The van der Waals surface area contributed by atoms with Crippen molar-refractivity contribution in [2.24, 2.45) is 0 Å². The average Bonchev–Trinajstić information content (AvgIpc) is 2.49. The van der Waals surface area contributed by atoms with Crippen LogP contribution < -0.4 is 10.6 Å². The minimum absolute atomic E-state index is 0.309. The molecule has 2 aromatic carbocycles. The van der Waals surface area contributed by atoms with E-state index < -0.39 is 0 Å². The lowest BCUT2D eigenvalue weighted by Gasteiger charge is -2.10. The number of aromatic nitrogens is 2. The molecule has 0 unspecified atom stereocenters. The lowest BCUT2D eigenvalue weighted by molar-refractivity contribution is 0.628. The maximum absolute atomic E-state index is 13.3. The number of benzene rings is 2. The summed E-state index contributed by atoms with van der Waals surface area (Å²) in [5.41, 5.74) is 2.33. The zero-order chi connectivity index (χ0) is 16.2. The van der Waals surface area contributed by atoms with Crippen molar-refractivity contribution in [3.63, 3.8) is 0 Å². The molecule has 0 bridgehead atoms. The van der Waals surface area contributed by atoms with Gasteiger partial charge in [0.15, 0.2) is 0 Å². The third-order valence-corrected chi connectivity index (χ3v) is 3.58. The number of nitrogens with zero attached hydrogens (tertiary/aromatic N) is 2. The Balaban J connectivity index is 1.82. The fraction of sp³-hybridized carbons (Fsp3) is 0.0588. The van der Waals surface area contributed by atoms with Gasteiger partial charge in [0.25, 0.3) is 0 Å². The predicted molar refractivity (Wildman–Crippen MR) is 93.9 cm³/mol. The van der Waals surface area contributed by atoms with Crippen LogP contribution in [-0.2, 0) is 0 Å². The Morgan fingerprint density at radius 1 is 0.913 bits per heavy atom. The van der Waals surface area contributed by atoms with E-state index in [1.54, 1.807) is 12.1 Å². The number of hydrogen-bond acceptors (Lipinski definition) is 4. The summed E-state index contributed by atoms with van der Waals surface area (Å²) in [6.07, 6.45) is 0. The summed E-state index contributed by atoms with van der Waals surface area (Å²) in [7, 11) is 0. The van der Waals surface area contributed by atoms with Gasteiger partial charge in [0.1, 0.15) is 11.6 Å². The van der Waals surface area contributed by atoms with Crippen molar-refractivity contribution in [2.75, 3.05) is 10.6 Å². The van der Waals surface area contributed by atoms with Crippen LogP contribution in [0, 0.1) is 12.7 Å². The van der Waals surface area contributed by atoms with Gasteiger partial charge in [-0.25, -0.2) is 9.37 Å². The first kappa shape index (κ1) is 15.4. The highest BCUT2D eigenvalue weighted by atomic mass is 79.9. The van der Waals surface area contributed by atoms with Crippen molar-refractivity contribution >= 4 is 39.1 Å². The van der Waals surface area contributed by atoms with Gasteiger partial charge in [-0.15, -0.1) is 0 Å². The summed E-state index contributed by atoms with van der Waals surface area (Å²) >= 11 is 3.40. The first-order valence-corrected chi connectivity index (χ1v) is 7.79. The van der Waals surface area contributed by atoms with Crippen molar-refractivity contribution in [3.05, 3.63) is 70.6 Å². The van der Waals surface area contributed by atoms with Gasteiger partial charge in [0, 0.05) is 27.6 Å². The minimum atomic E-state index is -0.309. The summed E-state index contributed by atoms with van der Waals surface area (Å²) in [5.74, 6) is 0.768. The Morgan fingerprint density at radius 2 is 1.70 bits per heavy atom. The second kappa shape index (κ2) is 6.75. The molecule has 0 aliphatic heterocycles. The smallest absolute Gasteiger partial charge is 0.229 e. The molecular weight excluding hydrogens is 359 g/mol. The van der Waals surface area contributed by atoms with Gasteiger partial charge in [0.2, 0.25) is 5.95 Å². The summed E-state index contributed by atoms with van der Waals surface area (Å²) < 4.78 is 14.3. The van der Waals surface area contributed by atoms with E-state index in [4.69, 9.17) is 0 Å². The lowest BCUT2D eigenvalue weighted by atomic mass is 10.3. The van der Waals surface area contributed by atoms with Crippen LogP contribution in [0.25, 0.3) is 0 Å². The number of hydrogen-bond donors (Lipinski definition) is 2. The van der Waals surface area contributed by atoms with Crippen LogP contribution >= 0.6 is 15.9 Å². The first-order valence-electron chi connectivity index (χ1n) is 6.99. The third-order valence-electron chi connectivity index (χ3n) is 3.05. The monoisotopic (exact) mass is 372 g/mol. The van der Waals surface area contributed by atoms with Gasteiger partial charge in [-0.1, -0.05) is 22.0 Å². The first-order chi connectivity index (χ1) is 11.1. The average molecular weight is 373 g/mol. The van der Waals surface area contributed by atoms with Gasteiger partial charge >= 0.3 is 0 Å². The van der Waals surface area contributed by atoms with E-state index in [0.717, 1.165) is 15.9 Å². The molecule has 6 heteroatoms. The van der Waals surface area contributed by atoms with E-state index in [0.29, 0.717) is 17.5 Å². The molecule has 0 atom stereocenters. The van der Waals surface area contributed by atoms with Crippen molar-refractivity contribution in [2.45, 2.75) is 6.92 Å². The van der Waals surface area contributed by atoms with Gasteiger partial charge in [-0.05, 0) is 49.4 Å². The van der Waals surface area contributed by atoms with Crippen LogP contribution in [0.2, 0.25) is 0 Å². The number of rotatable bonds is 4. The number of nitrogens with one attached hydrogen (secondary N) is 2. The second-order valence-electron chi connectivity index (χ2n) is 4.99. The highest BCUT2D eigenvalue weighted by molar-refractivity contribution is 9.10.